The van der Waals surface area contributed by atoms with Gasteiger partial charge in [0.2, 0.25) is 0 Å². The standard InChI is InChI=1S/C13H20N2O/c1-10-5-12(14)7-13(6-10)15-8-11-3-2-4-16-9-11/h5-7,11,15H,2-4,8-9,14H2,1H3. The molecule has 1 saturated heterocycles. The van der Waals surface area contributed by atoms with Crippen molar-refractivity contribution in [1.82, 2.24) is 0 Å². The Hall–Kier alpha value is -1.22. The maximum absolute atomic E-state index is 5.80. The van der Waals surface area contributed by atoms with Crippen LogP contribution in [0.4, 0.5) is 11.4 Å². The van der Waals surface area contributed by atoms with Crippen molar-refractivity contribution in [1.29, 1.82) is 0 Å². The highest BCUT2D eigenvalue weighted by Crippen LogP contribution is 2.18. The molecule has 3 N–H and O–H groups in total. The van der Waals surface area contributed by atoms with Gasteiger partial charge >= 0.3 is 0 Å². The predicted molar refractivity (Wildman–Crippen MR) is 67.6 cm³/mol. The van der Waals surface area contributed by atoms with Crippen LogP contribution in [-0.4, -0.2) is 19.8 Å². The molecule has 88 valence electrons. The molecule has 0 spiro atoms. The lowest BCUT2D eigenvalue weighted by Gasteiger charge is -2.22. The molecule has 0 bridgehead atoms. The molecule has 2 rings (SSSR count). The second kappa shape index (κ2) is 5.21. The number of hydrogen-bond donors (Lipinski definition) is 2. The van der Waals surface area contributed by atoms with Gasteiger partial charge in [0.05, 0.1) is 6.61 Å². The van der Waals surface area contributed by atoms with Crippen LogP contribution < -0.4 is 11.1 Å². The van der Waals surface area contributed by atoms with E-state index < -0.39 is 0 Å². The van der Waals surface area contributed by atoms with Crippen molar-refractivity contribution in [2.24, 2.45) is 5.92 Å². The van der Waals surface area contributed by atoms with E-state index in [4.69, 9.17) is 10.5 Å². The van der Waals surface area contributed by atoms with E-state index in [9.17, 15) is 0 Å². The summed E-state index contributed by atoms with van der Waals surface area (Å²) < 4.78 is 5.45. The minimum absolute atomic E-state index is 0.635. The molecule has 1 aliphatic rings. The van der Waals surface area contributed by atoms with Gasteiger partial charge in [0.15, 0.2) is 0 Å². The summed E-state index contributed by atoms with van der Waals surface area (Å²) in [5.41, 5.74) is 8.94. The third kappa shape index (κ3) is 3.14. The molecular formula is C13H20N2O. The Morgan fingerprint density at radius 2 is 2.31 bits per heavy atom. The van der Waals surface area contributed by atoms with E-state index in [0.717, 1.165) is 31.1 Å². The fourth-order valence-electron chi connectivity index (χ4n) is 2.15. The summed E-state index contributed by atoms with van der Waals surface area (Å²) in [4.78, 5) is 0. The van der Waals surface area contributed by atoms with Crippen LogP contribution in [0.15, 0.2) is 18.2 Å². The largest absolute Gasteiger partial charge is 0.399 e. The molecule has 0 amide bonds. The summed E-state index contributed by atoms with van der Waals surface area (Å²) in [6.45, 7) is 4.84. The third-order valence-corrected chi connectivity index (χ3v) is 2.95. The Morgan fingerprint density at radius 3 is 3.00 bits per heavy atom. The maximum Gasteiger partial charge on any atom is 0.0511 e. The van der Waals surface area contributed by atoms with Crippen molar-refractivity contribution in [2.45, 2.75) is 19.8 Å². The third-order valence-electron chi connectivity index (χ3n) is 2.95. The molecule has 0 saturated carbocycles. The fraction of sp³-hybridized carbons (Fsp3) is 0.538. The first-order valence-electron chi connectivity index (χ1n) is 5.93. The number of ether oxygens (including phenoxy) is 1. The van der Waals surface area contributed by atoms with E-state index in [1.807, 2.05) is 12.1 Å². The number of benzene rings is 1. The number of rotatable bonds is 3. The minimum atomic E-state index is 0.635. The molecule has 1 aromatic rings. The molecular weight excluding hydrogens is 200 g/mol. The van der Waals surface area contributed by atoms with Gasteiger partial charge in [0.25, 0.3) is 0 Å². The highest BCUT2D eigenvalue weighted by atomic mass is 16.5. The highest BCUT2D eigenvalue weighted by Gasteiger charge is 2.13. The average Bonchev–Trinajstić information content (AvgIpc) is 2.27. The smallest absolute Gasteiger partial charge is 0.0511 e. The Kier molecular flexibility index (Phi) is 3.67. The van der Waals surface area contributed by atoms with Crippen LogP contribution >= 0.6 is 0 Å². The number of nitrogen functional groups attached to an aromatic ring is 1. The number of anilines is 2. The molecule has 16 heavy (non-hydrogen) atoms. The first-order chi connectivity index (χ1) is 7.74. The second-order valence-corrected chi connectivity index (χ2v) is 4.60. The molecule has 3 nitrogen and oxygen atoms in total. The maximum atomic E-state index is 5.80. The summed E-state index contributed by atoms with van der Waals surface area (Å²) >= 11 is 0. The van der Waals surface area contributed by atoms with Gasteiger partial charge in [-0.15, -0.1) is 0 Å². The molecule has 1 atom stereocenters. The first-order valence-corrected chi connectivity index (χ1v) is 5.93. The second-order valence-electron chi connectivity index (χ2n) is 4.60. The van der Waals surface area contributed by atoms with E-state index in [2.05, 4.69) is 18.3 Å². The Bertz CT molecular complexity index is 326. The van der Waals surface area contributed by atoms with Crippen molar-refractivity contribution in [3.8, 4) is 0 Å². The number of hydrogen-bond acceptors (Lipinski definition) is 3. The van der Waals surface area contributed by atoms with Crippen molar-refractivity contribution in [3.63, 3.8) is 0 Å². The number of nitrogens with two attached hydrogens (primary N) is 1. The quantitative estimate of drug-likeness (QED) is 0.769. The zero-order valence-corrected chi connectivity index (χ0v) is 9.83. The van der Waals surface area contributed by atoms with E-state index in [1.54, 1.807) is 0 Å². The van der Waals surface area contributed by atoms with Crippen molar-refractivity contribution < 1.29 is 4.74 Å². The highest BCUT2D eigenvalue weighted by molar-refractivity contribution is 5.56. The van der Waals surface area contributed by atoms with Gasteiger partial charge in [-0.1, -0.05) is 0 Å². The van der Waals surface area contributed by atoms with Crippen LogP contribution in [0.3, 0.4) is 0 Å². The van der Waals surface area contributed by atoms with E-state index in [0.29, 0.717) is 5.92 Å². The van der Waals surface area contributed by atoms with Gasteiger partial charge in [-0.05, 0) is 49.4 Å². The molecule has 1 heterocycles. The molecule has 1 unspecified atom stereocenters. The van der Waals surface area contributed by atoms with Gasteiger partial charge in [-0.3, -0.25) is 0 Å². The SMILES string of the molecule is Cc1cc(N)cc(NCC2CCCOC2)c1. The molecule has 1 aromatic carbocycles. The van der Waals surface area contributed by atoms with Gasteiger partial charge in [0, 0.05) is 24.5 Å². The normalized spacial score (nSPS) is 20.7. The fourth-order valence-corrected chi connectivity index (χ4v) is 2.15. The van der Waals surface area contributed by atoms with Crippen LogP contribution in [0, 0.1) is 12.8 Å². The molecule has 3 heteroatoms. The van der Waals surface area contributed by atoms with Crippen LogP contribution in [0.2, 0.25) is 0 Å². The first kappa shape index (κ1) is 11.3. The number of aryl methyl sites for hydroxylation is 1. The van der Waals surface area contributed by atoms with Gasteiger partial charge in [-0.25, -0.2) is 0 Å². The summed E-state index contributed by atoms with van der Waals surface area (Å²) in [5.74, 6) is 0.635. The summed E-state index contributed by atoms with van der Waals surface area (Å²) in [6, 6.07) is 6.09. The molecule has 0 aliphatic carbocycles. The van der Waals surface area contributed by atoms with Crippen LogP contribution in [0.5, 0.6) is 0 Å². The lowest BCUT2D eigenvalue weighted by Crippen LogP contribution is -2.24. The molecule has 0 aromatic heterocycles. The Labute approximate surface area is 97.0 Å². The van der Waals surface area contributed by atoms with Crippen LogP contribution in [0.1, 0.15) is 18.4 Å². The summed E-state index contributed by atoms with van der Waals surface area (Å²) in [7, 11) is 0. The van der Waals surface area contributed by atoms with Crippen LogP contribution in [0.25, 0.3) is 0 Å². The van der Waals surface area contributed by atoms with E-state index in [-0.39, 0.29) is 0 Å². The summed E-state index contributed by atoms with van der Waals surface area (Å²) in [6.07, 6.45) is 2.44. The topological polar surface area (TPSA) is 47.3 Å². The van der Waals surface area contributed by atoms with Gasteiger partial charge < -0.3 is 15.8 Å². The van der Waals surface area contributed by atoms with Gasteiger partial charge in [0.1, 0.15) is 0 Å². The van der Waals surface area contributed by atoms with Crippen LogP contribution in [-0.2, 0) is 4.74 Å². The minimum Gasteiger partial charge on any atom is -0.399 e. The van der Waals surface area contributed by atoms with Crippen molar-refractivity contribution in [2.75, 3.05) is 30.8 Å². The molecule has 0 radical (unpaired) electrons. The van der Waals surface area contributed by atoms with Crippen molar-refractivity contribution >= 4 is 11.4 Å². The average molecular weight is 220 g/mol. The lowest BCUT2D eigenvalue weighted by molar-refractivity contribution is 0.0595. The van der Waals surface area contributed by atoms with Gasteiger partial charge in [-0.2, -0.15) is 0 Å². The zero-order valence-electron chi connectivity index (χ0n) is 9.83. The van der Waals surface area contributed by atoms with E-state index in [1.165, 1.54) is 18.4 Å². The van der Waals surface area contributed by atoms with Crippen molar-refractivity contribution in [3.05, 3.63) is 23.8 Å². The number of nitrogens with one attached hydrogen (secondary N) is 1. The predicted octanol–water partition coefficient (Wildman–Crippen LogP) is 2.42. The molecule has 1 aliphatic heterocycles. The monoisotopic (exact) mass is 220 g/mol. The lowest BCUT2D eigenvalue weighted by atomic mass is 10.0. The zero-order chi connectivity index (χ0) is 11.4. The molecule has 1 fully saturated rings. The summed E-state index contributed by atoms with van der Waals surface area (Å²) in [5, 5.41) is 3.44. The Balaban J connectivity index is 1.88. The Morgan fingerprint density at radius 1 is 1.44 bits per heavy atom. The van der Waals surface area contributed by atoms with E-state index >= 15 is 0 Å².